The average molecular weight is 1420 g/mol. The van der Waals surface area contributed by atoms with E-state index in [9.17, 15) is 4.79 Å². The maximum absolute atomic E-state index is 11.9. The van der Waals surface area contributed by atoms with Gasteiger partial charge in [-0.2, -0.15) is 0 Å². The zero-order valence-electron chi connectivity index (χ0n) is 59.2. The second-order valence-electron chi connectivity index (χ2n) is 24.8. The molecule has 4 unspecified atom stereocenters. The molecule has 1 amide bonds. The van der Waals surface area contributed by atoms with Crippen LogP contribution in [0.3, 0.4) is 0 Å². The van der Waals surface area contributed by atoms with E-state index in [2.05, 4.69) is 103 Å². The van der Waals surface area contributed by atoms with Gasteiger partial charge in [-0.05, 0) is 149 Å². The van der Waals surface area contributed by atoms with Gasteiger partial charge in [0.2, 0.25) is 5.91 Å². The number of nitrogen functional groups attached to an aromatic ring is 3. The van der Waals surface area contributed by atoms with Crippen molar-refractivity contribution in [3.05, 3.63) is 211 Å². The fourth-order valence-electron chi connectivity index (χ4n) is 13.4. The van der Waals surface area contributed by atoms with E-state index in [1.54, 1.807) is 39.9 Å². The minimum atomic E-state index is -0.192. The molecule has 6 aromatic carbocycles. The van der Waals surface area contributed by atoms with Crippen LogP contribution in [0.25, 0.3) is 50.1 Å². The Morgan fingerprint density at radius 2 is 0.881 bits per heavy atom. The molecule has 1 fully saturated rings. The number of nitrogens with one attached hydrogen (secondary N) is 1. The van der Waals surface area contributed by atoms with Gasteiger partial charge in [-0.25, -0.2) is 29.9 Å². The zero-order valence-corrected chi connectivity index (χ0v) is 61.5. The molecule has 13 rings (SSSR count). The lowest BCUT2D eigenvalue weighted by molar-refractivity contribution is -0.119. The van der Waals surface area contributed by atoms with E-state index < -0.39 is 0 Å². The molecule has 1 aliphatic heterocycles. The van der Waals surface area contributed by atoms with Crippen LogP contribution >= 0.6 is 34.8 Å². The molecule has 0 bridgehead atoms. The molecule has 0 saturated carbocycles. The van der Waals surface area contributed by atoms with Crippen LogP contribution in [0.4, 0.5) is 17.5 Å². The summed E-state index contributed by atoms with van der Waals surface area (Å²) in [5.41, 5.74) is 35.9. The maximum atomic E-state index is 11.9. The summed E-state index contributed by atoms with van der Waals surface area (Å²) in [6.45, 7) is 24.9. The SMILES string of the molecule is CCOc1c(C(C)c2nc(-c3ccc(OC)cc3)c3c(N)nccn23)cc(Cl)c(C)c1-c1ccc(OC)cc1.CCOc1c(C(C)c2nc(Cl)c3c(N)nccn23)cc(C)c(C)c1-c1ccc(OC)cc1.CCOc1c(C(C)c2nc(Cl)c3c(N)nccn23)cc(C)c(C)c1C1CNC(=O)C1. The van der Waals surface area contributed by atoms with Crippen molar-refractivity contribution >= 4 is 74.7 Å². The number of methoxy groups -OCH3 is 3. The highest BCUT2D eigenvalue weighted by molar-refractivity contribution is 6.34. The predicted molar refractivity (Wildman–Crippen MR) is 403 cm³/mol. The third-order valence-corrected chi connectivity index (χ3v) is 19.8. The van der Waals surface area contributed by atoms with Crippen LogP contribution in [-0.2, 0) is 4.79 Å². The van der Waals surface area contributed by atoms with Crippen molar-refractivity contribution in [2.75, 3.05) is 64.9 Å². The number of anilines is 3. The van der Waals surface area contributed by atoms with Gasteiger partial charge in [0.25, 0.3) is 0 Å². The van der Waals surface area contributed by atoms with Gasteiger partial charge in [0.15, 0.2) is 21.9 Å². The van der Waals surface area contributed by atoms with Crippen molar-refractivity contribution in [1.82, 2.24) is 48.4 Å². The van der Waals surface area contributed by atoms with Crippen molar-refractivity contribution in [2.24, 2.45) is 0 Å². The summed E-state index contributed by atoms with van der Waals surface area (Å²) in [5.74, 6) is 8.03. The van der Waals surface area contributed by atoms with E-state index in [0.29, 0.717) is 76.6 Å². The molecule has 0 aliphatic carbocycles. The zero-order chi connectivity index (χ0) is 72.2. The molecule has 23 heteroatoms. The molecule has 6 aromatic heterocycles. The lowest BCUT2D eigenvalue weighted by atomic mass is 9.85. The van der Waals surface area contributed by atoms with Gasteiger partial charge in [0.05, 0.1) is 41.2 Å². The molecule has 524 valence electrons. The van der Waals surface area contributed by atoms with E-state index in [-0.39, 0.29) is 29.6 Å². The first kappa shape index (κ1) is 72.0. The Balaban J connectivity index is 0.000000154. The quantitative estimate of drug-likeness (QED) is 0.0587. The van der Waals surface area contributed by atoms with E-state index >= 15 is 0 Å². The van der Waals surface area contributed by atoms with E-state index in [1.807, 2.05) is 126 Å². The standard InChI is InChI=1S/C31H31ClN4O3.C25H27ClN4O2.C22H26ClN5O2/c1-6-39-29-24(17-25(32)19(3)26(29)20-7-11-22(37-4)12-8-20)18(2)31-35-27(21-9-13-23(38-5)14-10-21)28-30(33)34-15-16-36(28)31;1-6-32-22-19(16(4)25-29-23(26)21-24(27)28-11-12-30(21)25)13-14(2)15(3)20(22)17-7-9-18(31-5)10-8-17;1-5-30-19-15(8-11(2)12(3)17(19)14-9-16(29)26-10-14)13(4)22-27-20(23)18-21(24)25-6-7-28(18)22/h7-18H,6H2,1-5H3,(H2,33,34);7-13,16H,6H2,1-5H3,(H2,27,28);6-8,13-14H,5,9-10H2,1-4H3,(H2,24,25)(H,26,29). The Hall–Kier alpha value is -10.3. The van der Waals surface area contributed by atoms with E-state index in [0.717, 1.165) is 130 Å². The summed E-state index contributed by atoms with van der Waals surface area (Å²) >= 11 is 19.7. The van der Waals surface area contributed by atoms with Gasteiger partial charge >= 0.3 is 0 Å². The third kappa shape index (κ3) is 14.0. The topological polar surface area (TPSA) is 253 Å². The first-order valence-electron chi connectivity index (χ1n) is 33.4. The number of aryl methyl sites for hydroxylation is 2. The number of nitrogens with two attached hydrogens (primary N) is 3. The molecule has 20 nitrogen and oxygen atoms in total. The number of carbonyl (C=O) groups excluding carboxylic acids is 1. The Morgan fingerprint density at radius 3 is 1.31 bits per heavy atom. The Morgan fingerprint density at radius 1 is 0.505 bits per heavy atom. The largest absolute Gasteiger partial charge is 0.497 e. The first-order valence-corrected chi connectivity index (χ1v) is 34.6. The number of hydrogen-bond donors (Lipinski definition) is 4. The number of halogens is 3. The Bertz CT molecular complexity index is 5040. The molecular formula is C78H84Cl3N13O7. The first-order chi connectivity index (χ1) is 48.6. The highest BCUT2D eigenvalue weighted by Gasteiger charge is 2.33. The number of fused-ring (bicyclic) bond motifs is 3. The number of nitrogens with zero attached hydrogens (tertiary/aromatic N) is 9. The molecule has 0 spiro atoms. The number of aromatic nitrogens is 9. The Labute approximate surface area is 603 Å². The molecule has 1 saturated heterocycles. The lowest BCUT2D eigenvalue weighted by Gasteiger charge is -2.25. The van der Waals surface area contributed by atoms with Gasteiger partial charge in [0, 0.05) is 118 Å². The molecule has 7 N–H and O–H groups in total. The molecule has 4 atom stereocenters. The van der Waals surface area contributed by atoms with Crippen molar-refractivity contribution in [3.8, 4) is 68.0 Å². The van der Waals surface area contributed by atoms with Gasteiger partial charge in [-0.3, -0.25) is 18.0 Å². The molecule has 0 radical (unpaired) electrons. The van der Waals surface area contributed by atoms with Crippen LogP contribution in [0.1, 0.15) is 139 Å². The fraction of sp³-hybridized carbons (Fsp3) is 0.295. The minimum Gasteiger partial charge on any atom is -0.497 e. The number of hydrogen-bond acceptors (Lipinski definition) is 16. The van der Waals surface area contributed by atoms with E-state index in [4.69, 9.17) is 85.4 Å². The van der Waals surface area contributed by atoms with Crippen molar-refractivity contribution in [3.63, 3.8) is 0 Å². The van der Waals surface area contributed by atoms with Gasteiger partial charge < -0.3 is 50.9 Å². The van der Waals surface area contributed by atoms with Crippen LogP contribution in [0.2, 0.25) is 15.3 Å². The van der Waals surface area contributed by atoms with E-state index in [1.165, 1.54) is 11.1 Å². The number of imidazole rings is 3. The van der Waals surface area contributed by atoms with Gasteiger partial charge in [-0.15, -0.1) is 0 Å². The highest BCUT2D eigenvalue weighted by Crippen LogP contribution is 2.48. The number of ether oxygens (including phenoxy) is 6. The number of rotatable bonds is 19. The number of carbonyl (C=O) groups is 1. The number of benzene rings is 6. The smallest absolute Gasteiger partial charge is 0.220 e. The summed E-state index contributed by atoms with van der Waals surface area (Å²) in [5, 5.41) is 4.28. The van der Waals surface area contributed by atoms with Crippen molar-refractivity contribution < 1.29 is 33.2 Å². The van der Waals surface area contributed by atoms with Gasteiger partial charge in [0.1, 0.15) is 80.0 Å². The third-order valence-electron chi connectivity index (χ3n) is 18.9. The van der Waals surface area contributed by atoms with Crippen LogP contribution in [0, 0.1) is 34.6 Å². The Kier molecular flexibility index (Phi) is 21.9. The maximum Gasteiger partial charge on any atom is 0.220 e. The molecule has 12 aromatic rings. The van der Waals surface area contributed by atoms with Crippen molar-refractivity contribution in [1.29, 1.82) is 0 Å². The summed E-state index contributed by atoms with van der Waals surface area (Å²) < 4.78 is 40.6. The van der Waals surface area contributed by atoms with Crippen LogP contribution in [0.5, 0.6) is 34.5 Å². The normalized spacial score (nSPS) is 13.6. The monoisotopic (exact) mass is 1420 g/mol. The predicted octanol–water partition coefficient (Wildman–Crippen LogP) is 16.7. The van der Waals surface area contributed by atoms with Crippen LogP contribution in [-0.4, -0.2) is 96.7 Å². The summed E-state index contributed by atoms with van der Waals surface area (Å²) in [4.78, 5) is 38.9. The lowest BCUT2D eigenvalue weighted by Crippen LogP contribution is -2.15. The minimum absolute atomic E-state index is 0.0759. The molecular weight excluding hydrogens is 1340 g/mol. The van der Waals surface area contributed by atoms with Gasteiger partial charge in [-0.1, -0.05) is 92.0 Å². The van der Waals surface area contributed by atoms with Crippen LogP contribution < -0.4 is 50.9 Å². The average Bonchev–Trinajstić information content (AvgIpc) is 1.66. The second kappa shape index (κ2) is 30.7. The van der Waals surface area contributed by atoms with Crippen molar-refractivity contribution in [2.45, 2.75) is 106 Å². The summed E-state index contributed by atoms with van der Waals surface area (Å²) in [6.07, 6.45) is 11.0. The highest BCUT2D eigenvalue weighted by atomic mass is 35.5. The number of amides is 1. The van der Waals surface area contributed by atoms with Crippen LogP contribution in [0.15, 0.2) is 128 Å². The molecule has 7 heterocycles. The molecule has 101 heavy (non-hydrogen) atoms. The fourth-order valence-corrected chi connectivity index (χ4v) is 14.2. The molecule has 1 aliphatic rings. The summed E-state index contributed by atoms with van der Waals surface area (Å²) in [7, 11) is 4.97. The second-order valence-corrected chi connectivity index (χ2v) is 26.0. The summed E-state index contributed by atoms with van der Waals surface area (Å²) in [6, 6.07) is 30.0.